The minimum atomic E-state index is -4.59. The van der Waals surface area contributed by atoms with Gasteiger partial charge in [-0.15, -0.1) is 0 Å². The summed E-state index contributed by atoms with van der Waals surface area (Å²) in [6.45, 7) is 5.04. The molecule has 0 spiro atoms. The first-order valence-electron chi connectivity index (χ1n) is 9.10. The van der Waals surface area contributed by atoms with Gasteiger partial charge in [0.25, 0.3) is 0 Å². The van der Waals surface area contributed by atoms with Crippen molar-refractivity contribution >= 4 is 34.1 Å². The quantitative estimate of drug-likeness (QED) is 0.587. The third kappa shape index (κ3) is 5.45. The first kappa shape index (κ1) is 22.4. The molecule has 1 amide bonds. The number of nitrogens with zero attached hydrogens (tertiary/aromatic N) is 5. The number of halogens is 3. The Morgan fingerprint density at radius 3 is 2.65 bits per heavy atom. The van der Waals surface area contributed by atoms with E-state index in [-0.39, 0.29) is 22.7 Å². The van der Waals surface area contributed by atoms with Gasteiger partial charge < -0.3 is 15.0 Å². The molecule has 0 aromatic carbocycles. The Balaban J connectivity index is 1.90. The average Bonchev–Trinajstić information content (AvgIpc) is 3.15. The Kier molecular flexibility index (Phi) is 6.39. The lowest BCUT2D eigenvalue weighted by Gasteiger charge is -2.20. The summed E-state index contributed by atoms with van der Waals surface area (Å²) in [6.07, 6.45) is -2.35. The van der Waals surface area contributed by atoms with Crippen LogP contribution in [0.2, 0.25) is 0 Å². The van der Waals surface area contributed by atoms with Gasteiger partial charge >= 0.3 is 6.18 Å². The topological polar surface area (TPSA) is 93.1 Å². The standard InChI is InChI=1S/C19H19F3N6O2S/c1-10(2)30-13-5-6-23-14(8-13)16-25-18(31-27-16)26-17-15(28(4)11(3)29)7-12(9-24-17)19(20,21)22/h5-10H,1-4H3,(H,24,25,26,27). The fraction of sp³-hybridized carbons (Fsp3) is 0.316. The van der Waals surface area contributed by atoms with Crippen LogP contribution < -0.4 is 15.0 Å². The van der Waals surface area contributed by atoms with E-state index in [1.165, 1.54) is 14.0 Å². The molecule has 0 radical (unpaired) electrons. The number of rotatable bonds is 6. The monoisotopic (exact) mass is 452 g/mol. The van der Waals surface area contributed by atoms with Gasteiger partial charge in [0.2, 0.25) is 11.0 Å². The highest BCUT2D eigenvalue weighted by Crippen LogP contribution is 2.35. The molecule has 3 heterocycles. The number of anilines is 3. The molecule has 3 aromatic rings. The second-order valence-corrected chi connectivity index (χ2v) is 7.51. The molecule has 0 saturated heterocycles. The van der Waals surface area contributed by atoms with Gasteiger partial charge in [-0.05, 0) is 26.0 Å². The van der Waals surface area contributed by atoms with Crippen LogP contribution in [-0.4, -0.2) is 38.4 Å². The lowest BCUT2D eigenvalue weighted by atomic mass is 10.2. The molecule has 0 aliphatic rings. The van der Waals surface area contributed by atoms with Gasteiger partial charge in [0.1, 0.15) is 11.4 Å². The number of pyridine rings is 2. The van der Waals surface area contributed by atoms with Crippen molar-refractivity contribution in [2.75, 3.05) is 17.3 Å². The summed E-state index contributed by atoms with van der Waals surface area (Å²) in [6, 6.07) is 4.26. The Labute approximate surface area is 180 Å². The zero-order valence-electron chi connectivity index (χ0n) is 17.1. The normalized spacial score (nSPS) is 11.5. The van der Waals surface area contributed by atoms with Crippen molar-refractivity contribution in [3.8, 4) is 17.3 Å². The first-order chi connectivity index (χ1) is 14.5. The van der Waals surface area contributed by atoms with Crippen LogP contribution in [0.3, 0.4) is 0 Å². The predicted molar refractivity (Wildman–Crippen MR) is 111 cm³/mol. The lowest BCUT2D eigenvalue weighted by Crippen LogP contribution is -2.24. The molecule has 0 bridgehead atoms. The number of aromatic nitrogens is 4. The maximum atomic E-state index is 13.1. The zero-order valence-corrected chi connectivity index (χ0v) is 17.9. The predicted octanol–water partition coefficient (Wildman–Crippen LogP) is 4.53. The van der Waals surface area contributed by atoms with E-state index in [1.807, 2.05) is 13.8 Å². The highest BCUT2D eigenvalue weighted by Gasteiger charge is 2.32. The van der Waals surface area contributed by atoms with Crippen molar-refractivity contribution in [1.29, 1.82) is 0 Å². The van der Waals surface area contributed by atoms with Crippen LogP contribution in [0.5, 0.6) is 5.75 Å². The summed E-state index contributed by atoms with van der Waals surface area (Å²) in [7, 11) is 1.36. The van der Waals surface area contributed by atoms with E-state index in [9.17, 15) is 18.0 Å². The third-order valence-electron chi connectivity index (χ3n) is 4.01. The lowest BCUT2D eigenvalue weighted by molar-refractivity contribution is -0.137. The fourth-order valence-electron chi connectivity index (χ4n) is 2.49. The van der Waals surface area contributed by atoms with Crippen LogP contribution in [-0.2, 0) is 11.0 Å². The van der Waals surface area contributed by atoms with E-state index < -0.39 is 17.6 Å². The maximum absolute atomic E-state index is 13.1. The maximum Gasteiger partial charge on any atom is 0.417 e. The molecule has 0 atom stereocenters. The zero-order chi connectivity index (χ0) is 22.8. The van der Waals surface area contributed by atoms with Crippen molar-refractivity contribution in [3.63, 3.8) is 0 Å². The van der Waals surface area contributed by atoms with Crippen molar-refractivity contribution in [1.82, 2.24) is 19.3 Å². The summed E-state index contributed by atoms with van der Waals surface area (Å²) >= 11 is 0.979. The number of amides is 1. The highest BCUT2D eigenvalue weighted by atomic mass is 32.1. The van der Waals surface area contributed by atoms with Gasteiger partial charge in [-0.2, -0.15) is 22.5 Å². The molecule has 0 saturated carbocycles. The first-order valence-corrected chi connectivity index (χ1v) is 9.87. The summed E-state index contributed by atoms with van der Waals surface area (Å²) in [5.41, 5.74) is -0.529. The molecule has 31 heavy (non-hydrogen) atoms. The van der Waals surface area contributed by atoms with Crippen LogP contribution in [0.15, 0.2) is 30.6 Å². The molecule has 0 aliphatic carbocycles. The number of alkyl halides is 3. The van der Waals surface area contributed by atoms with Gasteiger partial charge in [-0.25, -0.2) is 4.98 Å². The molecular weight excluding hydrogens is 433 g/mol. The average molecular weight is 452 g/mol. The summed E-state index contributed by atoms with van der Waals surface area (Å²) < 4.78 is 49.1. The van der Waals surface area contributed by atoms with Crippen LogP contribution in [0.4, 0.5) is 29.8 Å². The largest absolute Gasteiger partial charge is 0.491 e. The number of hydrogen-bond donors (Lipinski definition) is 1. The van der Waals surface area contributed by atoms with Crippen LogP contribution in [0.25, 0.3) is 11.5 Å². The number of carbonyl (C=O) groups is 1. The van der Waals surface area contributed by atoms with Gasteiger partial charge in [-0.3, -0.25) is 9.78 Å². The molecule has 0 aliphatic heterocycles. The Bertz CT molecular complexity index is 1090. The Morgan fingerprint density at radius 1 is 1.26 bits per heavy atom. The van der Waals surface area contributed by atoms with Gasteiger partial charge in [-0.1, -0.05) is 0 Å². The van der Waals surface area contributed by atoms with E-state index in [0.29, 0.717) is 23.5 Å². The smallest absolute Gasteiger partial charge is 0.417 e. The number of carbonyl (C=O) groups excluding carboxylic acids is 1. The summed E-state index contributed by atoms with van der Waals surface area (Å²) in [4.78, 5) is 25.2. The molecular formula is C19H19F3N6O2S. The van der Waals surface area contributed by atoms with Crippen molar-refractivity contribution in [2.24, 2.45) is 0 Å². The third-order valence-corrected chi connectivity index (χ3v) is 4.64. The molecule has 3 aromatic heterocycles. The van der Waals surface area contributed by atoms with Gasteiger partial charge in [0.05, 0.1) is 17.4 Å². The number of nitrogens with one attached hydrogen (secondary N) is 1. The van der Waals surface area contributed by atoms with Crippen LogP contribution in [0, 0.1) is 0 Å². The second-order valence-electron chi connectivity index (χ2n) is 6.76. The summed E-state index contributed by atoms with van der Waals surface area (Å²) in [5.74, 6) is 0.515. The van der Waals surface area contributed by atoms with E-state index >= 15 is 0 Å². The van der Waals surface area contributed by atoms with Gasteiger partial charge in [0, 0.05) is 44.0 Å². The minimum Gasteiger partial charge on any atom is -0.491 e. The molecule has 164 valence electrons. The Hall–Kier alpha value is -3.28. The van der Waals surface area contributed by atoms with Crippen LogP contribution >= 0.6 is 11.5 Å². The molecule has 8 nitrogen and oxygen atoms in total. The van der Waals surface area contributed by atoms with Crippen molar-refractivity contribution in [2.45, 2.75) is 33.1 Å². The minimum absolute atomic E-state index is 0.0155. The van der Waals surface area contributed by atoms with Gasteiger partial charge in [0.15, 0.2) is 11.6 Å². The highest BCUT2D eigenvalue weighted by molar-refractivity contribution is 7.09. The molecule has 12 heteroatoms. The van der Waals surface area contributed by atoms with E-state index in [2.05, 4.69) is 24.6 Å². The van der Waals surface area contributed by atoms with Crippen molar-refractivity contribution in [3.05, 3.63) is 36.2 Å². The van der Waals surface area contributed by atoms with Crippen molar-refractivity contribution < 1.29 is 22.7 Å². The number of hydrogen-bond acceptors (Lipinski definition) is 8. The van der Waals surface area contributed by atoms with E-state index in [1.54, 1.807) is 18.3 Å². The molecule has 3 rings (SSSR count). The van der Waals surface area contributed by atoms with Crippen LogP contribution in [0.1, 0.15) is 26.3 Å². The number of ether oxygens (including phenoxy) is 1. The molecule has 1 N–H and O–H groups in total. The van der Waals surface area contributed by atoms with E-state index in [0.717, 1.165) is 22.5 Å². The summed E-state index contributed by atoms with van der Waals surface area (Å²) in [5, 5.41) is 3.11. The fourth-order valence-corrected chi connectivity index (χ4v) is 3.07. The SMILES string of the molecule is CC(=O)N(C)c1cc(C(F)(F)F)cnc1Nc1nc(-c2cc(OC(C)C)ccn2)ns1. The second kappa shape index (κ2) is 8.84. The molecule has 0 fully saturated rings. The van der Waals surface area contributed by atoms with E-state index in [4.69, 9.17) is 4.74 Å². The molecule has 0 unspecified atom stereocenters. The Morgan fingerprint density at radius 2 is 2.00 bits per heavy atom.